The summed E-state index contributed by atoms with van der Waals surface area (Å²) < 4.78 is 18.2. The van der Waals surface area contributed by atoms with Crippen LogP contribution in [0.15, 0.2) is 24.3 Å². The average molecular weight is 364 g/mol. The molecule has 2 aliphatic heterocycles. The smallest absolute Gasteiger partial charge is 0.226 e. The largest absolute Gasteiger partial charge is 0.396 e. The van der Waals surface area contributed by atoms with Gasteiger partial charge >= 0.3 is 0 Å². The SMILES string of the molecule is COCCN1CC(CO)C2(CCN(C(=O)Cc3ccc(F)cc3)CC2)C1. The Morgan fingerprint density at radius 1 is 1.31 bits per heavy atom. The Bertz CT molecular complexity index is 600. The lowest BCUT2D eigenvalue weighted by molar-refractivity contribution is -0.133. The van der Waals surface area contributed by atoms with Gasteiger partial charge in [0.05, 0.1) is 13.0 Å². The van der Waals surface area contributed by atoms with E-state index in [1.807, 2.05) is 4.90 Å². The summed E-state index contributed by atoms with van der Waals surface area (Å²) in [5.74, 6) is 0.0883. The fourth-order valence-corrected chi connectivity index (χ4v) is 4.44. The number of halogens is 1. The Hall–Kier alpha value is -1.50. The van der Waals surface area contributed by atoms with Crippen LogP contribution in [0.1, 0.15) is 18.4 Å². The first kappa shape index (κ1) is 19.3. The first-order valence-electron chi connectivity index (χ1n) is 9.41. The molecule has 1 N–H and O–H groups in total. The van der Waals surface area contributed by atoms with Gasteiger partial charge in [-0.3, -0.25) is 4.79 Å². The van der Waals surface area contributed by atoms with E-state index >= 15 is 0 Å². The van der Waals surface area contributed by atoms with Crippen molar-refractivity contribution in [2.24, 2.45) is 11.3 Å². The normalized spacial score (nSPS) is 22.9. The lowest BCUT2D eigenvalue weighted by atomic mass is 9.71. The van der Waals surface area contributed by atoms with E-state index in [9.17, 15) is 14.3 Å². The number of aliphatic hydroxyl groups excluding tert-OH is 1. The number of hydrogen-bond donors (Lipinski definition) is 1. The van der Waals surface area contributed by atoms with Crippen molar-refractivity contribution < 1.29 is 19.0 Å². The number of piperidine rings is 1. The predicted octanol–water partition coefficient (Wildman–Crippen LogP) is 1.55. The van der Waals surface area contributed by atoms with Gasteiger partial charge < -0.3 is 19.6 Å². The van der Waals surface area contributed by atoms with Crippen molar-refractivity contribution in [1.29, 1.82) is 0 Å². The molecule has 26 heavy (non-hydrogen) atoms. The molecule has 1 amide bonds. The van der Waals surface area contributed by atoms with Crippen LogP contribution in [0.25, 0.3) is 0 Å². The van der Waals surface area contributed by atoms with Crippen molar-refractivity contribution in [2.45, 2.75) is 19.3 Å². The second kappa shape index (κ2) is 8.46. The lowest BCUT2D eigenvalue weighted by Crippen LogP contribution is -2.47. The second-order valence-electron chi connectivity index (χ2n) is 7.65. The monoisotopic (exact) mass is 364 g/mol. The van der Waals surface area contributed by atoms with Gasteiger partial charge in [-0.25, -0.2) is 4.39 Å². The van der Waals surface area contributed by atoms with Crippen molar-refractivity contribution in [3.05, 3.63) is 35.6 Å². The summed E-state index contributed by atoms with van der Waals surface area (Å²) in [5.41, 5.74) is 0.950. The summed E-state index contributed by atoms with van der Waals surface area (Å²) in [6, 6.07) is 6.13. The minimum absolute atomic E-state index is 0.0984. The number of rotatable bonds is 6. The zero-order valence-electron chi connectivity index (χ0n) is 15.5. The number of aliphatic hydroxyl groups is 1. The summed E-state index contributed by atoms with van der Waals surface area (Å²) in [7, 11) is 1.71. The number of likely N-dealkylation sites (tertiary alicyclic amines) is 2. The summed E-state index contributed by atoms with van der Waals surface area (Å²) in [6.45, 7) is 5.14. The molecule has 2 fully saturated rings. The van der Waals surface area contributed by atoms with E-state index in [1.165, 1.54) is 12.1 Å². The Labute approximate surface area is 154 Å². The standard InChI is InChI=1S/C20H29FN2O3/c1-26-11-10-22-13-17(14-24)20(15-22)6-8-23(9-7-20)19(25)12-16-2-4-18(21)5-3-16/h2-5,17,24H,6-15H2,1H3. The summed E-state index contributed by atoms with van der Waals surface area (Å²) in [6.07, 6.45) is 2.17. The van der Waals surface area contributed by atoms with E-state index in [1.54, 1.807) is 19.2 Å². The third kappa shape index (κ3) is 4.24. The van der Waals surface area contributed by atoms with Crippen LogP contribution in [0.2, 0.25) is 0 Å². The van der Waals surface area contributed by atoms with Crippen LogP contribution in [0.3, 0.4) is 0 Å². The van der Waals surface area contributed by atoms with Gasteiger partial charge in [-0.15, -0.1) is 0 Å². The number of carbonyl (C=O) groups is 1. The van der Waals surface area contributed by atoms with E-state index in [-0.39, 0.29) is 29.7 Å². The molecular formula is C20H29FN2O3. The second-order valence-corrected chi connectivity index (χ2v) is 7.65. The third-order valence-electron chi connectivity index (χ3n) is 6.10. The molecule has 1 unspecified atom stereocenters. The molecular weight excluding hydrogens is 335 g/mol. The van der Waals surface area contributed by atoms with Gasteiger partial charge in [-0.2, -0.15) is 0 Å². The summed E-state index contributed by atoms with van der Waals surface area (Å²) >= 11 is 0. The van der Waals surface area contributed by atoms with Crippen LogP contribution in [-0.2, 0) is 16.0 Å². The molecule has 0 aromatic heterocycles. The molecule has 0 aliphatic carbocycles. The minimum atomic E-state index is -0.282. The highest BCUT2D eigenvalue weighted by atomic mass is 19.1. The van der Waals surface area contributed by atoms with Crippen molar-refractivity contribution in [1.82, 2.24) is 9.80 Å². The van der Waals surface area contributed by atoms with Crippen molar-refractivity contribution in [2.75, 3.05) is 53.0 Å². The molecule has 1 aromatic carbocycles. The van der Waals surface area contributed by atoms with Gasteiger partial charge in [0.1, 0.15) is 5.82 Å². The first-order chi connectivity index (χ1) is 12.6. The van der Waals surface area contributed by atoms with Crippen LogP contribution in [-0.4, -0.2) is 73.9 Å². The predicted molar refractivity (Wildman–Crippen MR) is 97.2 cm³/mol. The van der Waals surface area contributed by atoms with Crippen molar-refractivity contribution in [3.63, 3.8) is 0 Å². The molecule has 1 atom stereocenters. The van der Waals surface area contributed by atoms with Gasteiger partial charge in [0, 0.05) is 52.4 Å². The lowest BCUT2D eigenvalue weighted by Gasteiger charge is -2.42. The Morgan fingerprint density at radius 3 is 2.62 bits per heavy atom. The number of carbonyl (C=O) groups excluding carboxylic acids is 1. The minimum Gasteiger partial charge on any atom is -0.396 e. The highest BCUT2D eigenvalue weighted by Gasteiger charge is 2.47. The van der Waals surface area contributed by atoms with E-state index < -0.39 is 0 Å². The highest BCUT2D eigenvalue weighted by molar-refractivity contribution is 5.78. The molecule has 1 spiro atoms. The molecule has 0 saturated carbocycles. The molecule has 144 valence electrons. The highest BCUT2D eigenvalue weighted by Crippen LogP contribution is 2.44. The number of hydrogen-bond acceptors (Lipinski definition) is 4. The molecule has 2 saturated heterocycles. The molecule has 0 bridgehead atoms. The zero-order valence-corrected chi connectivity index (χ0v) is 15.5. The fraction of sp³-hybridized carbons (Fsp3) is 0.650. The number of benzene rings is 1. The quantitative estimate of drug-likeness (QED) is 0.832. The molecule has 2 heterocycles. The fourth-order valence-electron chi connectivity index (χ4n) is 4.44. The van der Waals surface area contributed by atoms with Gasteiger partial charge in [0.25, 0.3) is 0 Å². The van der Waals surface area contributed by atoms with Crippen LogP contribution >= 0.6 is 0 Å². The van der Waals surface area contributed by atoms with E-state index in [4.69, 9.17) is 4.74 Å². The topological polar surface area (TPSA) is 53.0 Å². The molecule has 6 heteroatoms. The Kier molecular flexibility index (Phi) is 6.27. The van der Waals surface area contributed by atoms with Crippen LogP contribution in [0, 0.1) is 17.2 Å². The summed E-state index contributed by atoms with van der Waals surface area (Å²) in [5, 5.41) is 9.85. The number of ether oxygens (including phenoxy) is 1. The van der Waals surface area contributed by atoms with Crippen LogP contribution in [0.5, 0.6) is 0 Å². The molecule has 5 nitrogen and oxygen atoms in total. The van der Waals surface area contributed by atoms with Crippen LogP contribution < -0.4 is 0 Å². The average Bonchev–Trinajstić information content (AvgIpc) is 2.99. The molecule has 3 rings (SSSR count). The third-order valence-corrected chi connectivity index (χ3v) is 6.10. The van der Waals surface area contributed by atoms with Crippen molar-refractivity contribution in [3.8, 4) is 0 Å². The maximum atomic E-state index is 13.0. The molecule has 1 aromatic rings. The molecule has 0 radical (unpaired) electrons. The van der Waals surface area contributed by atoms with Gasteiger partial charge in [0.2, 0.25) is 5.91 Å². The van der Waals surface area contributed by atoms with E-state index in [0.717, 1.165) is 51.1 Å². The number of nitrogens with zero attached hydrogens (tertiary/aromatic N) is 2. The Morgan fingerprint density at radius 2 is 2.00 bits per heavy atom. The van der Waals surface area contributed by atoms with Gasteiger partial charge in [0.15, 0.2) is 0 Å². The number of methoxy groups -OCH3 is 1. The first-order valence-corrected chi connectivity index (χ1v) is 9.41. The van der Waals surface area contributed by atoms with E-state index in [0.29, 0.717) is 13.0 Å². The van der Waals surface area contributed by atoms with Crippen molar-refractivity contribution >= 4 is 5.91 Å². The van der Waals surface area contributed by atoms with Crippen LogP contribution in [0.4, 0.5) is 4.39 Å². The van der Waals surface area contributed by atoms with E-state index in [2.05, 4.69) is 4.90 Å². The molecule has 2 aliphatic rings. The zero-order chi connectivity index (χ0) is 18.6. The summed E-state index contributed by atoms with van der Waals surface area (Å²) in [4.78, 5) is 16.9. The van der Waals surface area contributed by atoms with Gasteiger partial charge in [-0.1, -0.05) is 12.1 Å². The Balaban J connectivity index is 1.55. The maximum absolute atomic E-state index is 13.0. The maximum Gasteiger partial charge on any atom is 0.226 e. The van der Waals surface area contributed by atoms with Gasteiger partial charge in [-0.05, 0) is 36.0 Å². The number of amides is 1.